The predicted octanol–water partition coefficient (Wildman–Crippen LogP) is 1.50. The van der Waals surface area contributed by atoms with Gasteiger partial charge in [-0.2, -0.15) is 22.0 Å². The average molecular weight is 611 g/mol. The number of nitrogens with zero attached hydrogens (tertiary/aromatic N) is 1. The summed E-state index contributed by atoms with van der Waals surface area (Å²) in [7, 11) is 0. The summed E-state index contributed by atoms with van der Waals surface area (Å²) >= 11 is 0. The summed E-state index contributed by atoms with van der Waals surface area (Å²) in [5.41, 5.74) is 2.64. The molecule has 0 fully saturated rings. The number of benzene rings is 1. The number of hydrogen-bond donors (Lipinski definition) is 4. The Bertz CT molecular complexity index is 1050. The van der Waals surface area contributed by atoms with Crippen LogP contribution >= 0.6 is 12.4 Å². The monoisotopic (exact) mass is 610 g/mol. The molecule has 0 aliphatic carbocycles. The van der Waals surface area contributed by atoms with Crippen molar-refractivity contribution in [3.8, 4) is 5.75 Å². The van der Waals surface area contributed by atoms with Gasteiger partial charge in [0.1, 0.15) is 36.9 Å². The number of ether oxygens (including phenoxy) is 3. The van der Waals surface area contributed by atoms with Crippen molar-refractivity contribution in [1.82, 2.24) is 10.6 Å². The molecule has 0 spiro atoms. The fourth-order valence-electron chi connectivity index (χ4n) is 3.32. The molecule has 5 N–H and O–H groups in total. The average Bonchev–Trinajstić information content (AvgIpc) is 2.93. The van der Waals surface area contributed by atoms with E-state index in [2.05, 4.69) is 10.1 Å². The Balaban J connectivity index is 0.00000800. The van der Waals surface area contributed by atoms with Crippen molar-refractivity contribution < 1.29 is 60.0 Å². The number of alkyl halides is 5. The van der Waals surface area contributed by atoms with Crippen LogP contribution in [0.3, 0.4) is 0 Å². The van der Waals surface area contributed by atoms with E-state index in [1.54, 1.807) is 0 Å². The zero-order valence-electron chi connectivity index (χ0n) is 21.2. The van der Waals surface area contributed by atoms with Gasteiger partial charge in [0.25, 0.3) is 5.91 Å². The molecule has 0 radical (unpaired) electrons. The van der Waals surface area contributed by atoms with Gasteiger partial charge in [-0.15, -0.1) is 12.4 Å². The fourth-order valence-corrected chi connectivity index (χ4v) is 3.32. The van der Waals surface area contributed by atoms with E-state index >= 15 is 0 Å². The lowest BCUT2D eigenvalue weighted by molar-refractivity contribution is -0.279. The molecule has 1 aliphatic rings. The van der Waals surface area contributed by atoms with Crippen molar-refractivity contribution in [1.29, 1.82) is 0 Å². The molecule has 0 saturated heterocycles. The van der Waals surface area contributed by atoms with Gasteiger partial charge in [0, 0.05) is 19.2 Å². The minimum absolute atomic E-state index is 0. The molecule has 0 bridgehead atoms. The molecule has 3 atom stereocenters. The van der Waals surface area contributed by atoms with Crippen molar-refractivity contribution in [3.63, 3.8) is 0 Å². The Morgan fingerprint density at radius 3 is 2.38 bits per heavy atom. The number of carbonyl (C=O) groups is 3. The van der Waals surface area contributed by atoms with E-state index < -0.39 is 73.3 Å². The van der Waals surface area contributed by atoms with Gasteiger partial charge >= 0.3 is 18.3 Å². The van der Waals surface area contributed by atoms with Gasteiger partial charge in [-0.25, -0.2) is 9.18 Å². The van der Waals surface area contributed by atoms with Crippen LogP contribution in [-0.2, 0) is 19.1 Å². The summed E-state index contributed by atoms with van der Waals surface area (Å²) in [5.74, 6) is -8.27. The highest BCUT2D eigenvalue weighted by atomic mass is 35.5. The second-order valence-electron chi connectivity index (χ2n) is 8.68. The van der Waals surface area contributed by atoms with Crippen LogP contribution in [0, 0.1) is 5.82 Å². The standard InChI is InChI=1S/C22H28F6N4O7.ClH/c1-12-16(30-10-20(2,36)18(34)31-11-21(24,25)22(26,27)28)17(33)32(6-8-38-19(35)37-7-5-29)14-9-13(23)3-4-15(14)39-12;/h3-4,9,12,16,30,36H,5-8,10-11,29H2,1-2H3,(H,31,34);1H/t12-,16+,20+;/m1./s1. The molecule has 0 aromatic heterocycles. The van der Waals surface area contributed by atoms with Crippen LogP contribution in [-0.4, -0.2) is 92.3 Å². The van der Waals surface area contributed by atoms with Crippen molar-refractivity contribution >= 4 is 36.1 Å². The van der Waals surface area contributed by atoms with E-state index in [4.69, 9.17) is 15.2 Å². The number of hydrogen-bond acceptors (Lipinski definition) is 9. The minimum Gasteiger partial charge on any atom is -0.486 e. The van der Waals surface area contributed by atoms with Gasteiger partial charge in [0.05, 0.1) is 18.8 Å². The predicted molar refractivity (Wildman–Crippen MR) is 129 cm³/mol. The maximum atomic E-state index is 14.0. The van der Waals surface area contributed by atoms with Crippen LogP contribution < -0.4 is 26.0 Å². The fraction of sp³-hybridized carbons (Fsp3) is 0.591. The Labute approximate surface area is 230 Å². The van der Waals surface area contributed by atoms with Crippen molar-refractivity contribution in [3.05, 3.63) is 24.0 Å². The van der Waals surface area contributed by atoms with Gasteiger partial charge in [-0.3, -0.25) is 14.9 Å². The van der Waals surface area contributed by atoms with E-state index in [9.17, 15) is 45.8 Å². The second-order valence-corrected chi connectivity index (χ2v) is 8.68. The van der Waals surface area contributed by atoms with Gasteiger partial charge in [0.2, 0.25) is 5.91 Å². The van der Waals surface area contributed by atoms with Gasteiger partial charge in [-0.1, -0.05) is 0 Å². The first-order valence-corrected chi connectivity index (χ1v) is 11.5. The van der Waals surface area contributed by atoms with Crippen LogP contribution in [0.25, 0.3) is 0 Å². The SMILES string of the molecule is C[C@H]1Oc2ccc(F)cc2N(CCOC(=O)OCCN)C(=O)[C@H]1NC[C@](C)(O)C(=O)NCC(F)(F)C(F)(F)F.Cl. The minimum atomic E-state index is -5.92. The van der Waals surface area contributed by atoms with E-state index in [-0.39, 0.29) is 43.5 Å². The molecule has 40 heavy (non-hydrogen) atoms. The molecular formula is C22H29ClF6N4O7. The lowest BCUT2D eigenvalue weighted by Crippen LogP contribution is -2.60. The summed E-state index contributed by atoms with van der Waals surface area (Å²) in [5, 5.41) is 14.3. The molecule has 1 aromatic rings. The van der Waals surface area contributed by atoms with Crippen LogP contribution in [0.1, 0.15) is 13.8 Å². The van der Waals surface area contributed by atoms with Crippen LogP contribution in [0.5, 0.6) is 5.75 Å². The number of anilines is 1. The van der Waals surface area contributed by atoms with Crippen molar-refractivity contribution in [2.75, 3.05) is 44.3 Å². The molecule has 2 rings (SSSR count). The zero-order valence-corrected chi connectivity index (χ0v) is 22.0. The van der Waals surface area contributed by atoms with Gasteiger partial charge in [-0.05, 0) is 26.0 Å². The Morgan fingerprint density at radius 1 is 1.15 bits per heavy atom. The molecule has 1 aliphatic heterocycles. The van der Waals surface area contributed by atoms with E-state index in [1.807, 2.05) is 0 Å². The van der Waals surface area contributed by atoms with Gasteiger partial charge in [0.15, 0.2) is 5.60 Å². The van der Waals surface area contributed by atoms with Crippen LogP contribution in [0.2, 0.25) is 0 Å². The summed E-state index contributed by atoms with van der Waals surface area (Å²) in [6.07, 6.45) is -8.01. The largest absolute Gasteiger partial charge is 0.508 e. The quantitative estimate of drug-likeness (QED) is 0.216. The molecule has 2 amide bonds. The normalized spacial score (nSPS) is 18.9. The lowest BCUT2D eigenvalue weighted by atomic mass is 10.0. The molecule has 1 heterocycles. The highest BCUT2D eigenvalue weighted by Gasteiger charge is 2.57. The van der Waals surface area contributed by atoms with Crippen LogP contribution in [0.15, 0.2) is 18.2 Å². The molecule has 0 saturated carbocycles. The lowest BCUT2D eigenvalue weighted by Gasteiger charge is -2.30. The number of nitrogens with one attached hydrogen (secondary N) is 2. The highest BCUT2D eigenvalue weighted by Crippen LogP contribution is 2.35. The maximum absolute atomic E-state index is 14.0. The molecule has 228 valence electrons. The van der Waals surface area contributed by atoms with E-state index in [1.165, 1.54) is 18.3 Å². The first-order valence-electron chi connectivity index (χ1n) is 11.5. The number of halogens is 7. The highest BCUT2D eigenvalue weighted by molar-refractivity contribution is 5.99. The Morgan fingerprint density at radius 2 is 1.77 bits per heavy atom. The number of amides is 2. The molecule has 18 heteroatoms. The first-order chi connectivity index (χ1) is 18.0. The first kappa shape index (κ1) is 35.0. The summed E-state index contributed by atoms with van der Waals surface area (Å²) in [6, 6.07) is 1.94. The zero-order chi connectivity index (χ0) is 29.6. The third-order valence-electron chi connectivity index (χ3n) is 5.44. The third kappa shape index (κ3) is 9.00. The smallest absolute Gasteiger partial charge is 0.486 e. The van der Waals surface area contributed by atoms with Gasteiger partial charge < -0.3 is 35.3 Å². The molecule has 1 aromatic carbocycles. The summed E-state index contributed by atoms with van der Waals surface area (Å²) in [4.78, 5) is 38.2. The molecule has 11 nitrogen and oxygen atoms in total. The Hall–Kier alpha value is -3.02. The third-order valence-corrected chi connectivity index (χ3v) is 5.44. The number of fused-ring (bicyclic) bond motifs is 1. The summed E-state index contributed by atoms with van der Waals surface area (Å²) in [6.45, 7) is -1.45. The van der Waals surface area contributed by atoms with Crippen molar-refractivity contribution in [2.45, 2.75) is 43.7 Å². The molecule has 0 unspecified atom stereocenters. The van der Waals surface area contributed by atoms with Crippen LogP contribution in [0.4, 0.5) is 36.8 Å². The Kier molecular flexibility index (Phi) is 12.3. The number of aliphatic hydroxyl groups is 1. The number of carbonyl (C=O) groups excluding carboxylic acids is 3. The van der Waals surface area contributed by atoms with E-state index in [0.29, 0.717) is 0 Å². The number of rotatable bonds is 11. The molecular weight excluding hydrogens is 582 g/mol. The number of nitrogens with two attached hydrogens (primary N) is 1. The van der Waals surface area contributed by atoms with E-state index in [0.717, 1.165) is 24.0 Å². The second kappa shape index (κ2) is 14.0. The van der Waals surface area contributed by atoms with Crippen molar-refractivity contribution in [2.24, 2.45) is 5.73 Å². The topological polar surface area (TPSA) is 152 Å². The maximum Gasteiger partial charge on any atom is 0.508 e. The summed E-state index contributed by atoms with van der Waals surface area (Å²) < 4.78 is 92.6.